The number of hydrogen-bond acceptors (Lipinski definition) is 2. The van der Waals surface area contributed by atoms with Crippen molar-refractivity contribution in [3.63, 3.8) is 0 Å². The summed E-state index contributed by atoms with van der Waals surface area (Å²) in [5.41, 5.74) is 2.85. The zero-order valence-electron chi connectivity index (χ0n) is 16.4. The van der Waals surface area contributed by atoms with E-state index < -0.39 is 19.8 Å². The molecule has 1 amide bonds. The van der Waals surface area contributed by atoms with Gasteiger partial charge in [0.15, 0.2) is 0 Å². The van der Waals surface area contributed by atoms with Crippen molar-refractivity contribution < 1.29 is 9.53 Å². The van der Waals surface area contributed by atoms with Gasteiger partial charge >= 0.3 is 6.09 Å². The highest BCUT2D eigenvalue weighted by molar-refractivity contribution is 6.87. The van der Waals surface area contributed by atoms with Crippen LogP contribution in [0.25, 0.3) is 0 Å². The van der Waals surface area contributed by atoms with Gasteiger partial charge in [-0.05, 0) is 31.2 Å². The van der Waals surface area contributed by atoms with Crippen molar-refractivity contribution in [2.45, 2.75) is 92.1 Å². The van der Waals surface area contributed by atoms with Crippen LogP contribution in [0.4, 0.5) is 4.79 Å². The molecule has 1 atom stereocenters. The van der Waals surface area contributed by atoms with E-state index in [-0.39, 0.29) is 16.5 Å². The number of nitrogens with one attached hydrogen (secondary N) is 1. The molecule has 0 heterocycles. The van der Waals surface area contributed by atoms with Gasteiger partial charge in [0.2, 0.25) is 0 Å². The second kappa shape index (κ2) is 6.66. The highest BCUT2D eigenvalue weighted by Crippen LogP contribution is 2.35. The van der Waals surface area contributed by atoms with E-state index in [1.807, 2.05) is 20.8 Å². The summed E-state index contributed by atoms with van der Waals surface area (Å²) in [4.78, 5) is 12.0. The third-order valence-electron chi connectivity index (χ3n) is 3.93. The molecular formula is C18H35NO2Si. The number of rotatable bonds is 1. The van der Waals surface area contributed by atoms with Crippen LogP contribution in [-0.4, -0.2) is 25.8 Å². The largest absolute Gasteiger partial charge is 0.444 e. The molecule has 0 radical (unpaired) electrons. The summed E-state index contributed by atoms with van der Waals surface area (Å²) in [7, 11) is -1.70. The molecule has 0 fully saturated rings. The van der Waals surface area contributed by atoms with Crippen LogP contribution in [0.1, 0.15) is 62.3 Å². The smallest absolute Gasteiger partial charge is 0.408 e. The molecular weight excluding hydrogens is 290 g/mol. The van der Waals surface area contributed by atoms with Crippen LogP contribution < -0.4 is 5.32 Å². The molecule has 0 aliphatic heterocycles. The van der Waals surface area contributed by atoms with Crippen molar-refractivity contribution in [1.29, 1.82) is 0 Å². The van der Waals surface area contributed by atoms with Crippen molar-refractivity contribution in [3.8, 4) is 11.5 Å². The Morgan fingerprint density at radius 1 is 1.00 bits per heavy atom. The van der Waals surface area contributed by atoms with Gasteiger partial charge in [0, 0.05) is 0 Å². The van der Waals surface area contributed by atoms with Crippen LogP contribution in [0.15, 0.2) is 0 Å². The van der Waals surface area contributed by atoms with E-state index in [1.54, 1.807) is 0 Å². The van der Waals surface area contributed by atoms with Gasteiger partial charge < -0.3 is 10.1 Å². The summed E-state index contributed by atoms with van der Waals surface area (Å²) in [6.45, 7) is 23.1. The fraction of sp³-hybridized carbons (Fsp3) is 0.833. The highest BCUT2D eigenvalue weighted by atomic mass is 28.3. The molecule has 3 nitrogen and oxygen atoms in total. The Morgan fingerprint density at radius 3 is 1.77 bits per heavy atom. The van der Waals surface area contributed by atoms with Gasteiger partial charge in [-0.25, -0.2) is 4.79 Å². The summed E-state index contributed by atoms with van der Waals surface area (Å²) >= 11 is 0. The second-order valence-corrected chi connectivity index (χ2v) is 14.6. The minimum absolute atomic E-state index is 0.147. The number of ether oxygens (including phenoxy) is 1. The molecule has 0 bridgehead atoms. The maximum atomic E-state index is 12.0. The van der Waals surface area contributed by atoms with E-state index in [4.69, 9.17) is 4.74 Å². The fourth-order valence-corrected chi connectivity index (χ4v) is 2.21. The molecule has 0 aliphatic carbocycles. The van der Waals surface area contributed by atoms with Crippen molar-refractivity contribution in [2.75, 3.05) is 0 Å². The number of hydrogen-bond donors (Lipinski definition) is 1. The molecule has 0 aromatic carbocycles. The first-order valence-corrected chi connectivity index (χ1v) is 11.0. The Kier molecular flexibility index (Phi) is 6.37. The van der Waals surface area contributed by atoms with E-state index in [0.717, 1.165) is 0 Å². The molecule has 0 saturated carbocycles. The third-order valence-corrected chi connectivity index (χ3v) is 8.45. The Labute approximate surface area is 138 Å². The zero-order valence-corrected chi connectivity index (χ0v) is 17.4. The molecule has 0 unspecified atom stereocenters. The molecule has 0 aromatic heterocycles. The van der Waals surface area contributed by atoms with Crippen molar-refractivity contribution in [3.05, 3.63) is 0 Å². The summed E-state index contributed by atoms with van der Waals surface area (Å²) in [6.07, 6.45) is -0.406. The van der Waals surface area contributed by atoms with Gasteiger partial charge in [0.1, 0.15) is 13.7 Å². The lowest BCUT2D eigenvalue weighted by Crippen LogP contribution is -2.45. The molecule has 0 spiro atoms. The number of carbonyl (C=O) groups is 1. The number of amides is 1. The van der Waals surface area contributed by atoms with E-state index in [1.165, 1.54) is 0 Å². The van der Waals surface area contributed by atoms with Gasteiger partial charge in [-0.15, -0.1) is 5.54 Å². The van der Waals surface area contributed by atoms with Crippen LogP contribution in [0.5, 0.6) is 0 Å². The SMILES string of the molecule is CC(C)(C)OC(=O)N[C@H](C#C[Si](C)(C)C(C)(C)C)C(C)(C)C. The molecule has 0 saturated heterocycles. The van der Waals surface area contributed by atoms with Gasteiger partial charge in [0.05, 0.1) is 6.04 Å². The lowest BCUT2D eigenvalue weighted by molar-refractivity contribution is 0.0488. The minimum Gasteiger partial charge on any atom is -0.444 e. The Morgan fingerprint density at radius 2 is 1.45 bits per heavy atom. The first-order chi connectivity index (χ1) is 9.46. The van der Waals surface area contributed by atoms with E-state index in [2.05, 4.69) is 71.4 Å². The maximum absolute atomic E-state index is 12.0. The lowest BCUT2D eigenvalue weighted by atomic mass is 9.87. The lowest BCUT2D eigenvalue weighted by Gasteiger charge is -2.33. The van der Waals surface area contributed by atoms with E-state index in [9.17, 15) is 4.79 Å². The normalized spacial score (nSPS) is 14.7. The molecule has 0 aromatic rings. The van der Waals surface area contributed by atoms with Crippen LogP contribution in [-0.2, 0) is 4.74 Å². The Bertz CT molecular complexity index is 451. The third kappa shape index (κ3) is 7.35. The predicted octanol–water partition coefficient (Wildman–Crippen LogP) is 4.98. The van der Waals surface area contributed by atoms with Crippen LogP contribution in [0, 0.1) is 16.9 Å². The fourth-order valence-electron chi connectivity index (χ4n) is 1.33. The van der Waals surface area contributed by atoms with Crippen LogP contribution in [0.2, 0.25) is 18.1 Å². The van der Waals surface area contributed by atoms with Crippen molar-refractivity contribution >= 4 is 14.2 Å². The predicted molar refractivity (Wildman–Crippen MR) is 97.6 cm³/mol. The molecule has 128 valence electrons. The highest BCUT2D eigenvalue weighted by Gasteiger charge is 2.34. The van der Waals surface area contributed by atoms with Gasteiger partial charge in [-0.1, -0.05) is 60.6 Å². The van der Waals surface area contributed by atoms with Crippen LogP contribution in [0.3, 0.4) is 0 Å². The average Bonchev–Trinajstić information content (AvgIpc) is 2.17. The first-order valence-electron chi connectivity index (χ1n) is 7.98. The first kappa shape index (κ1) is 21.0. The molecule has 0 rings (SSSR count). The number of alkyl carbamates (subject to hydrolysis) is 1. The summed E-state index contributed by atoms with van der Waals surface area (Å²) in [5.74, 6) is 3.32. The average molecular weight is 326 g/mol. The molecule has 1 N–H and O–H groups in total. The van der Waals surface area contributed by atoms with E-state index in [0.29, 0.717) is 0 Å². The maximum Gasteiger partial charge on any atom is 0.408 e. The van der Waals surface area contributed by atoms with Gasteiger partial charge in [-0.2, -0.15) is 0 Å². The topological polar surface area (TPSA) is 38.3 Å². The zero-order chi connectivity index (χ0) is 18.0. The standard InChI is InChI=1S/C18H35NO2Si/c1-16(2,3)14(19-15(20)21-17(4,5)6)12-13-22(10,11)18(7,8)9/h14H,1-11H3,(H,19,20)/t14-/m1/s1. The number of carbonyl (C=O) groups excluding carboxylic acids is 1. The van der Waals surface area contributed by atoms with Crippen LogP contribution >= 0.6 is 0 Å². The quantitative estimate of drug-likeness (QED) is 0.545. The molecule has 22 heavy (non-hydrogen) atoms. The summed E-state index contributed by atoms with van der Waals surface area (Å²) < 4.78 is 5.36. The Balaban J connectivity index is 5.26. The summed E-state index contributed by atoms with van der Waals surface area (Å²) in [6, 6.07) is -0.225. The molecule has 0 aliphatic rings. The second-order valence-electron chi connectivity index (χ2n) is 9.59. The van der Waals surface area contributed by atoms with Crippen molar-refractivity contribution in [2.24, 2.45) is 5.41 Å². The van der Waals surface area contributed by atoms with Gasteiger partial charge in [-0.3, -0.25) is 0 Å². The monoisotopic (exact) mass is 325 g/mol. The molecule has 4 heteroatoms. The minimum atomic E-state index is -1.70. The Hall–Kier alpha value is -0.953. The summed E-state index contributed by atoms with van der Waals surface area (Å²) in [5, 5.41) is 3.13. The van der Waals surface area contributed by atoms with E-state index >= 15 is 0 Å². The van der Waals surface area contributed by atoms with Gasteiger partial charge in [0.25, 0.3) is 0 Å². The van der Waals surface area contributed by atoms with Crippen molar-refractivity contribution in [1.82, 2.24) is 5.32 Å².